The molecular formula is C47H67F3N2O8. The zero-order valence-corrected chi connectivity index (χ0v) is 36.4. The number of fused-ring (bicyclic) bond motifs is 7. The lowest BCUT2D eigenvalue weighted by atomic mass is 9.33. The number of amides is 1. The molecule has 0 unspecified atom stereocenters. The van der Waals surface area contributed by atoms with Gasteiger partial charge in [-0.25, -0.2) is 0 Å². The lowest BCUT2D eigenvalue weighted by molar-refractivity contribution is -0.329. The third kappa shape index (κ3) is 6.55. The van der Waals surface area contributed by atoms with E-state index in [2.05, 4.69) is 48.5 Å². The van der Waals surface area contributed by atoms with Crippen molar-refractivity contribution in [1.29, 1.82) is 0 Å². The second-order valence-corrected chi connectivity index (χ2v) is 21.7. The van der Waals surface area contributed by atoms with E-state index in [1.54, 1.807) is 11.0 Å². The Kier molecular flexibility index (Phi) is 10.8. The summed E-state index contributed by atoms with van der Waals surface area (Å²) in [6.07, 6.45) is -2.36. The molecule has 334 valence electrons. The number of carbonyl (C=O) groups is 2. The molecule has 2 heterocycles. The van der Waals surface area contributed by atoms with Gasteiger partial charge in [0.1, 0.15) is 24.4 Å². The molecule has 60 heavy (non-hydrogen) atoms. The van der Waals surface area contributed by atoms with E-state index in [0.29, 0.717) is 39.0 Å². The van der Waals surface area contributed by atoms with Gasteiger partial charge in [-0.05, 0) is 115 Å². The van der Waals surface area contributed by atoms with Crippen LogP contribution in [0.25, 0.3) is 0 Å². The van der Waals surface area contributed by atoms with Crippen molar-refractivity contribution in [2.24, 2.45) is 50.2 Å². The molecule has 2 aliphatic heterocycles. The number of allylic oxidation sites excluding steroid dienone is 2. The Morgan fingerprint density at radius 3 is 2.20 bits per heavy atom. The number of carbonyl (C=O) groups excluding carboxylic acids is 2. The first-order valence-corrected chi connectivity index (χ1v) is 22.4. The third-order valence-corrected chi connectivity index (χ3v) is 18.3. The predicted molar refractivity (Wildman–Crippen MR) is 218 cm³/mol. The van der Waals surface area contributed by atoms with Gasteiger partial charge in [0.15, 0.2) is 12.1 Å². The molecule has 14 atom stereocenters. The molecule has 10 nitrogen and oxygen atoms in total. The maximum Gasteiger partial charge on any atom is 0.418 e. The highest BCUT2D eigenvalue weighted by atomic mass is 19.4. The van der Waals surface area contributed by atoms with E-state index in [0.717, 1.165) is 51.0 Å². The van der Waals surface area contributed by atoms with Gasteiger partial charge < -0.3 is 39.7 Å². The molecule has 6 fully saturated rings. The minimum atomic E-state index is -4.46. The van der Waals surface area contributed by atoms with Crippen LogP contribution in [-0.2, 0) is 25.2 Å². The maximum atomic E-state index is 15.0. The van der Waals surface area contributed by atoms with Gasteiger partial charge in [0.2, 0.25) is 5.91 Å². The van der Waals surface area contributed by atoms with Crippen LogP contribution in [0.4, 0.5) is 18.9 Å². The number of para-hydroxylation sites is 1. The van der Waals surface area contributed by atoms with E-state index in [4.69, 9.17) is 9.47 Å². The Balaban J connectivity index is 1.02. The van der Waals surface area contributed by atoms with Gasteiger partial charge in [-0.2, -0.15) is 13.2 Å². The highest BCUT2D eigenvalue weighted by Gasteiger charge is 2.70. The average molecular weight is 845 g/mol. The van der Waals surface area contributed by atoms with Crippen molar-refractivity contribution < 1.29 is 52.7 Å². The van der Waals surface area contributed by atoms with Gasteiger partial charge in [-0.1, -0.05) is 66.2 Å². The van der Waals surface area contributed by atoms with E-state index < -0.39 is 59.9 Å². The number of benzene rings is 1. The largest absolute Gasteiger partial charge is 0.418 e. The molecule has 4 saturated carbocycles. The number of halogens is 3. The Morgan fingerprint density at radius 2 is 1.53 bits per heavy atom. The van der Waals surface area contributed by atoms with Crippen LogP contribution in [0.1, 0.15) is 112 Å². The minimum absolute atomic E-state index is 0.0465. The van der Waals surface area contributed by atoms with Crippen molar-refractivity contribution in [2.75, 3.05) is 37.7 Å². The van der Waals surface area contributed by atoms with Crippen molar-refractivity contribution in [3.05, 3.63) is 41.5 Å². The normalized spacial score (nSPS) is 45.5. The molecule has 1 aromatic rings. The number of alkyl halides is 3. The number of piperazine rings is 1. The topological polar surface area (TPSA) is 140 Å². The molecule has 0 spiro atoms. The van der Waals surface area contributed by atoms with E-state index in [1.165, 1.54) is 17.7 Å². The first-order valence-electron chi connectivity index (χ1n) is 22.4. The highest BCUT2D eigenvalue weighted by molar-refractivity contribution is 5.96. The second-order valence-electron chi connectivity index (χ2n) is 21.7. The summed E-state index contributed by atoms with van der Waals surface area (Å²) in [5.41, 5.74) is -1.42. The fraction of sp³-hybridized carbons (Fsp3) is 0.787. The molecule has 8 rings (SSSR count). The first kappa shape index (κ1) is 44.1. The Labute approximate surface area is 352 Å². The Bertz CT molecular complexity index is 1880. The molecule has 7 aliphatic rings. The van der Waals surface area contributed by atoms with Crippen LogP contribution in [0.3, 0.4) is 0 Å². The lowest BCUT2D eigenvalue weighted by Gasteiger charge is -2.70. The fourth-order valence-electron chi connectivity index (χ4n) is 14.5. The van der Waals surface area contributed by atoms with E-state index in [1.807, 2.05) is 11.0 Å². The van der Waals surface area contributed by atoms with E-state index in [-0.39, 0.29) is 62.9 Å². The third-order valence-electron chi connectivity index (χ3n) is 18.3. The summed E-state index contributed by atoms with van der Waals surface area (Å²) in [7, 11) is 0. The SMILES string of the molecule is CC1(C)[C@@H](O[C@@H]2O[C@H](CO)[C@@H](O)[C@H](O)[C@H]2O)CC[C@]2(C)[C@H]3C(=O)C=C4[C@@H]5C[C@@](C)(C(=O)N6CCN(c7ccccc7C(F)(F)F)CC6)CC[C@]5(C)CC[C@@]4(C)[C@]3(C)CC[C@@H]12. The number of aliphatic hydroxyl groups excluding tert-OH is 4. The van der Waals surface area contributed by atoms with Crippen molar-refractivity contribution in [1.82, 2.24) is 4.90 Å². The zero-order chi connectivity index (χ0) is 43.6. The summed E-state index contributed by atoms with van der Waals surface area (Å²) in [4.78, 5) is 33.2. The molecule has 0 bridgehead atoms. The van der Waals surface area contributed by atoms with Crippen molar-refractivity contribution >= 4 is 17.4 Å². The van der Waals surface area contributed by atoms with Gasteiger partial charge in [0.25, 0.3) is 0 Å². The summed E-state index contributed by atoms with van der Waals surface area (Å²) >= 11 is 0. The number of anilines is 1. The van der Waals surface area contributed by atoms with Gasteiger partial charge in [0.05, 0.1) is 18.3 Å². The minimum Gasteiger partial charge on any atom is -0.394 e. The number of hydrogen-bond donors (Lipinski definition) is 4. The summed E-state index contributed by atoms with van der Waals surface area (Å²) < 4.78 is 53.8. The molecule has 0 aromatic heterocycles. The predicted octanol–water partition coefficient (Wildman–Crippen LogP) is 6.52. The summed E-state index contributed by atoms with van der Waals surface area (Å²) in [6, 6.07) is 5.65. The van der Waals surface area contributed by atoms with Crippen molar-refractivity contribution in [3.63, 3.8) is 0 Å². The average Bonchev–Trinajstić information content (AvgIpc) is 3.19. The number of hydrogen-bond acceptors (Lipinski definition) is 9. The number of rotatable bonds is 5. The van der Waals surface area contributed by atoms with E-state index >= 15 is 4.79 Å². The summed E-state index contributed by atoms with van der Waals surface area (Å²) in [6.45, 7) is 16.6. The van der Waals surface area contributed by atoms with Crippen molar-refractivity contribution in [2.45, 2.75) is 149 Å². The highest BCUT2D eigenvalue weighted by Crippen LogP contribution is 2.75. The quantitative estimate of drug-likeness (QED) is 0.244. The standard InChI is InChI=1S/C47H67F3N2O8/c1-41(2)33-12-15-46(7)38(44(33,5)14-13-34(41)60-39-37(57)36(56)35(55)32(26-53)59-39)31(54)24-28-29-25-43(4,17-16-42(29,3)18-19-45(28,46)6)40(58)52-22-20-51(21-23-52)30-11-9-8-10-27(30)47(48,49)50/h8-11,24,29,32-39,53,55-57H,12-23,25-26H2,1-7H3/t29-,32+,33-,34-,35+,36-,37+,38+,39-,42+,43-,44-,45+,46+/m0/s1. The smallest absolute Gasteiger partial charge is 0.394 e. The van der Waals surface area contributed by atoms with Crippen LogP contribution in [0.15, 0.2) is 35.9 Å². The van der Waals surface area contributed by atoms with Gasteiger partial charge >= 0.3 is 6.18 Å². The second kappa shape index (κ2) is 14.8. The maximum absolute atomic E-state index is 15.0. The number of nitrogens with zero attached hydrogens (tertiary/aromatic N) is 2. The van der Waals surface area contributed by atoms with Gasteiger partial charge in [-0.15, -0.1) is 0 Å². The van der Waals surface area contributed by atoms with Crippen LogP contribution in [-0.4, -0.2) is 107 Å². The van der Waals surface area contributed by atoms with Gasteiger partial charge in [-0.3, -0.25) is 9.59 Å². The number of ether oxygens (including phenoxy) is 2. The number of ketones is 1. The summed E-state index contributed by atoms with van der Waals surface area (Å²) in [5, 5.41) is 41.4. The monoisotopic (exact) mass is 844 g/mol. The molecule has 1 amide bonds. The first-order chi connectivity index (χ1) is 27.9. The number of aliphatic hydroxyl groups is 4. The summed E-state index contributed by atoms with van der Waals surface area (Å²) in [5.74, 6) is 0.140. The Morgan fingerprint density at radius 1 is 0.867 bits per heavy atom. The van der Waals surface area contributed by atoms with Crippen LogP contribution < -0.4 is 4.90 Å². The molecular weight excluding hydrogens is 778 g/mol. The Hall–Kier alpha value is -2.55. The van der Waals surface area contributed by atoms with Crippen LogP contribution in [0, 0.1) is 50.2 Å². The molecule has 2 saturated heterocycles. The molecule has 1 aromatic carbocycles. The van der Waals surface area contributed by atoms with Gasteiger partial charge in [0, 0.05) is 43.2 Å². The molecule has 0 radical (unpaired) electrons. The van der Waals surface area contributed by atoms with Crippen molar-refractivity contribution in [3.8, 4) is 0 Å². The fourth-order valence-corrected chi connectivity index (χ4v) is 14.5. The lowest BCUT2D eigenvalue weighted by Crippen LogP contribution is -2.67. The molecule has 13 heteroatoms. The van der Waals surface area contributed by atoms with Crippen LogP contribution >= 0.6 is 0 Å². The van der Waals surface area contributed by atoms with Crippen LogP contribution in [0.2, 0.25) is 0 Å². The molecule has 4 N–H and O–H groups in total. The van der Waals surface area contributed by atoms with E-state index in [9.17, 15) is 38.4 Å². The zero-order valence-electron chi connectivity index (χ0n) is 36.4. The molecule has 5 aliphatic carbocycles. The van der Waals surface area contributed by atoms with Crippen LogP contribution in [0.5, 0.6) is 0 Å².